The van der Waals surface area contributed by atoms with Crippen molar-refractivity contribution < 1.29 is 4.79 Å². The molecule has 1 nitrogen and oxygen atoms in total. The highest BCUT2D eigenvalue weighted by molar-refractivity contribution is 6.04. The Morgan fingerprint density at radius 1 is 0.900 bits per heavy atom. The van der Waals surface area contributed by atoms with Crippen LogP contribution in [-0.2, 0) is 4.79 Å². The first-order chi connectivity index (χ1) is 9.84. The van der Waals surface area contributed by atoms with Crippen molar-refractivity contribution >= 4 is 11.9 Å². The molecule has 1 aliphatic rings. The second-order valence-corrected chi connectivity index (χ2v) is 5.30. The molecular formula is C19H18O. The first-order valence-electron chi connectivity index (χ1n) is 7.19. The Morgan fingerprint density at radius 2 is 1.55 bits per heavy atom. The molecule has 0 saturated heterocycles. The molecule has 0 aromatic heterocycles. The van der Waals surface area contributed by atoms with Gasteiger partial charge >= 0.3 is 0 Å². The minimum Gasteiger partial charge on any atom is -0.294 e. The summed E-state index contributed by atoms with van der Waals surface area (Å²) in [5.74, 6) is 0.339. The molecule has 0 N–H and O–H groups in total. The maximum absolute atomic E-state index is 12.7. The van der Waals surface area contributed by atoms with E-state index in [2.05, 4.69) is 18.2 Å². The highest BCUT2D eigenvalue weighted by Crippen LogP contribution is 2.33. The summed E-state index contributed by atoms with van der Waals surface area (Å²) in [5, 5.41) is 0. The number of benzene rings is 2. The lowest BCUT2D eigenvalue weighted by molar-refractivity contribution is -0.117. The lowest BCUT2D eigenvalue weighted by Gasteiger charge is -2.23. The molecular weight excluding hydrogens is 244 g/mol. The van der Waals surface area contributed by atoms with Gasteiger partial charge in [-0.2, -0.15) is 0 Å². The maximum Gasteiger partial charge on any atom is 0.166 e. The monoisotopic (exact) mass is 262 g/mol. The van der Waals surface area contributed by atoms with Crippen LogP contribution in [0.5, 0.6) is 0 Å². The smallest absolute Gasteiger partial charge is 0.166 e. The van der Waals surface area contributed by atoms with Crippen molar-refractivity contribution in [3.63, 3.8) is 0 Å². The quantitative estimate of drug-likeness (QED) is 0.722. The molecule has 0 amide bonds. The molecule has 2 aromatic carbocycles. The second-order valence-electron chi connectivity index (χ2n) is 5.30. The van der Waals surface area contributed by atoms with E-state index in [1.54, 1.807) is 0 Å². The van der Waals surface area contributed by atoms with E-state index >= 15 is 0 Å². The van der Waals surface area contributed by atoms with Crippen LogP contribution in [0.1, 0.15) is 36.3 Å². The molecule has 2 aromatic rings. The summed E-state index contributed by atoms with van der Waals surface area (Å²) < 4.78 is 0. The van der Waals surface area contributed by atoms with Crippen molar-refractivity contribution in [3.8, 4) is 0 Å². The fourth-order valence-electron chi connectivity index (χ4n) is 2.87. The van der Waals surface area contributed by atoms with Crippen LogP contribution in [0.15, 0.2) is 66.2 Å². The number of allylic oxidation sites excluding steroid dienone is 1. The molecule has 0 radical (unpaired) electrons. The first kappa shape index (κ1) is 12.9. The molecule has 1 heteroatoms. The Balaban J connectivity index is 1.88. The summed E-state index contributed by atoms with van der Waals surface area (Å²) in [5.41, 5.74) is 3.23. The Kier molecular flexibility index (Phi) is 3.78. The van der Waals surface area contributed by atoms with Crippen LogP contribution >= 0.6 is 0 Å². The number of carbonyl (C=O) groups is 1. The van der Waals surface area contributed by atoms with Crippen molar-refractivity contribution in [2.75, 3.05) is 0 Å². The molecule has 0 heterocycles. The maximum atomic E-state index is 12.7. The van der Waals surface area contributed by atoms with E-state index < -0.39 is 0 Å². The average Bonchev–Trinajstić information content (AvgIpc) is 2.51. The molecule has 0 spiro atoms. The highest BCUT2D eigenvalue weighted by Gasteiger charge is 2.27. The topological polar surface area (TPSA) is 17.1 Å². The molecule has 1 saturated carbocycles. The van der Waals surface area contributed by atoms with E-state index in [1.165, 1.54) is 0 Å². The van der Waals surface area contributed by atoms with Gasteiger partial charge in [0, 0.05) is 5.92 Å². The van der Waals surface area contributed by atoms with E-state index in [-0.39, 0.29) is 5.92 Å². The van der Waals surface area contributed by atoms with E-state index in [4.69, 9.17) is 0 Å². The molecule has 1 unspecified atom stereocenters. The zero-order valence-electron chi connectivity index (χ0n) is 11.5. The van der Waals surface area contributed by atoms with Crippen LogP contribution in [0.2, 0.25) is 0 Å². The van der Waals surface area contributed by atoms with Crippen LogP contribution in [-0.4, -0.2) is 5.78 Å². The molecule has 100 valence electrons. The predicted octanol–water partition coefficient (Wildman–Crippen LogP) is 4.61. The highest BCUT2D eigenvalue weighted by atomic mass is 16.1. The van der Waals surface area contributed by atoms with Gasteiger partial charge in [-0.3, -0.25) is 4.79 Å². The van der Waals surface area contributed by atoms with Gasteiger partial charge in [0.25, 0.3) is 0 Å². The lowest BCUT2D eigenvalue weighted by atomic mass is 9.79. The minimum absolute atomic E-state index is 0.0416. The predicted molar refractivity (Wildman–Crippen MR) is 82.5 cm³/mol. The van der Waals surface area contributed by atoms with E-state index in [1.807, 2.05) is 48.5 Å². The minimum atomic E-state index is 0.0416. The fourth-order valence-corrected chi connectivity index (χ4v) is 2.87. The van der Waals surface area contributed by atoms with Crippen LogP contribution in [0.25, 0.3) is 6.08 Å². The Labute approximate surface area is 120 Å². The number of rotatable bonds is 2. The van der Waals surface area contributed by atoms with Gasteiger partial charge in [0.05, 0.1) is 0 Å². The zero-order valence-corrected chi connectivity index (χ0v) is 11.5. The summed E-state index contributed by atoms with van der Waals surface area (Å²) in [6, 6.07) is 20.3. The molecule has 3 rings (SSSR count). The summed E-state index contributed by atoms with van der Waals surface area (Å²) in [4.78, 5) is 12.7. The van der Waals surface area contributed by atoms with Crippen molar-refractivity contribution in [2.45, 2.75) is 25.2 Å². The lowest BCUT2D eigenvalue weighted by Crippen LogP contribution is -2.19. The molecule has 1 aliphatic carbocycles. The van der Waals surface area contributed by atoms with Crippen LogP contribution < -0.4 is 0 Å². The summed E-state index contributed by atoms with van der Waals surface area (Å²) in [6.45, 7) is 0. The van der Waals surface area contributed by atoms with Gasteiger partial charge in [0.15, 0.2) is 5.78 Å². The Morgan fingerprint density at radius 3 is 2.25 bits per heavy atom. The second kappa shape index (κ2) is 5.87. The normalized spacial score (nSPS) is 21.1. The van der Waals surface area contributed by atoms with Crippen LogP contribution in [0, 0.1) is 0 Å². The molecule has 20 heavy (non-hydrogen) atoms. The standard InChI is InChI=1S/C19H18O/c20-19-17(14-15-8-3-1-4-9-15)12-7-13-18(19)16-10-5-2-6-11-16/h1-6,8-11,14,18H,7,12-13H2. The van der Waals surface area contributed by atoms with Gasteiger partial charge in [-0.25, -0.2) is 0 Å². The van der Waals surface area contributed by atoms with Gasteiger partial charge in [-0.1, -0.05) is 60.7 Å². The van der Waals surface area contributed by atoms with Crippen molar-refractivity contribution in [1.29, 1.82) is 0 Å². The summed E-state index contributed by atoms with van der Waals surface area (Å²) >= 11 is 0. The SMILES string of the molecule is O=C1C(=Cc2ccccc2)CCCC1c1ccccc1. The first-order valence-corrected chi connectivity index (χ1v) is 7.19. The van der Waals surface area contributed by atoms with E-state index in [0.717, 1.165) is 36.0 Å². The Bertz CT molecular complexity index is 611. The van der Waals surface area contributed by atoms with Gasteiger partial charge in [0.1, 0.15) is 0 Å². The number of Topliss-reactive ketones (excluding diaryl/α,β-unsaturated/α-hetero) is 1. The van der Waals surface area contributed by atoms with Gasteiger partial charge < -0.3 is 0 Å². The van der Waals surface area contributed by atoms with E-state index in [0.29, 0.717) is 5.78 Å². The number of hydrogen-bond donors (Lipinski definition) is 0. The van der Waals surface area contributed by atoms with Gasteiger partial charge in [-0.15, -0.1) is 0 Å². The fraction of sp³-hybridized carbons (Fsp3) is 0.211. The Hall–Kier alpha value is -2.15. The van der Waals surface area contributed by atoms with Gasteiger partial charge in [-0.05, 0) is 42.0 Å². The molecule has 0 aliphatic heterocycles. The average molecular weight is 262 g/mol. The van der Waals surface area contributed by atoms with Crippen molar-refractivity contribution in [2.24, 2.45) is 0 Å². The molecule has 1 fully saturated rings. The van der Waals surface area contributed by atoms with Crippen LogP contribution in [0.3, 0.4) is 0 Å². The number of hydrogen-bond acceptors (Lipinski definition) is 1. The van der Waals surface area contributed by atoms with Crippen LogP contribution in [0.4, 0.5) is 0 Å². The largest absolute Gasteiger partial charge is 0.294 e. The van der Waals surface area contributed by atoms with Gasteiger partial charge in [0.2, 0.25) is 0 Å². The third-order valence-electron chi connectivity index (χ3n) is 3.91. The molecule has 1 atom stereocenters. The number of carbonyl (C=O) groups excluding carboxylic acids is 1. The summed E-state index contributed by atoms with van der Waals surface area (Å²) in [7, 11) is 0. The number of ketones is 1. The van der Waals surface area contributed by atoms with Crippen molar-refractivity contribution in [3.05, 3.63) is 77.4 Å². The third-order valence-corrected chi connectivity index (χ3v) is 3.91. The molecule has 0 bridgehead atoms. The third kappa shape index (κ3) is 2.72. The van der Waals surface area contributed by atoms with Crippen molar-refractivity contribution in [1.82, 2.24) is 0 Å². The summed E-state index contributed by atoms with van der Waals surface area (Å²) in [6.07, 6.45) is 5.01. The zero-order chi connectivity index (χ0) is 13.8. The van der Waals surface area contributed by atoms with E-state index in [9.17, 15) is 4.79 Å².